The summed E-state index contributed by atoms with van der Waals surface area (Å²) in [6.45, 7) is 5.88. The first-order valence-electron chi connectivity index (χ1n) is 9.93. The predicted octanol–water partition coefficient (Wildman–Crippen LogP) is 2.83. The molecule has 0 spiro atoms. The van der Waals surface area contributed by atoms with E-state index < -0.39 is 0 Å². The van der Waals surface area contributed by atoms with Crippen LogP contribution in [0.25, 0.3) is 10.9 Å². The molecule has 0 saturated carbocycles. The van der Waals surface area contributed by atoms with Gasteiger partial charge in [0.1, 0.15) is 0 Å². The highest BCUT2D eigenvalue weighted by molar-refractivity contribution is 6.07. The molecule has 28 heavy (non-hydrogen) atoms. The maximum Gasteiger partial charge on any atom is 0.256 e. The third-order valence-electron chi connectivity index (χ3n) is 5.65. The highest BCUT2D eigenvalue weighted by atomic mass is 16.3. The number of aliphatic hydroxyl groups is 1. The van der Waals surface area contributed by atoms with E-state index >= 15 is 0 Å². The molecule has 1 aliphatic rings. The fraction of sp³-hybridized carbons (Fsp3) is 0.348. The van der Waals surface area contributed by atoms with E-state index in [1.165, 1.54) is 5.56 Å². The average Bonchev–Trinajstić information content (AvgIpc) is 3.08. The summed E-state index contributed by atoms with van der Waals surface area (Å²) in [7, 11) is 0. The third-order valence-corrected chi connectivity index (χ3v) is 5.65. The number of fused-ring (bicyclic) bond motifs is 1. The minimum absolute atomic E-state index is 0.0958. The van der Waals surface area contributed by atoms with Gasteiger partial charge in [-0.05, 0) is 18.6 Å². The normalized spacial score (nSPS) is 17.9. The van der Waals surface area contributed by atoms with Crippen LogP contribution in [0.15, 0.2) is 60.8 Å². The molecule has 5 nitrogen and oxygen atoms in total. The van der Waals surface area contributed by atoms with Gasteiger partial charge in [-0.1, -0.05) is 48.5 Å². The van der Waals surface area contributed by atoms with Gasteiger partial charge in [-0.2, -0.15) is 0 Å². The maximum atomic E-state index is 13.3. The number of hydrogen-bond donors (Lipinski definition) is 1. The van der Waals surface area contributed by atoms with Crippen molar-refractivity contribution in [2.45, 2.75) is 19.5 Å². The van der Waals surface area contributed by atoms with Crippen molar-refractivity contribution in [3.05, 3.63) is 71.9 Å². The molecule has 1 saturated heterocycles. The maximum absolute atomic E-state index is 13.3. The van der Waals surface area contributed by atoms with Crippen LogP contribution in [0.4, 0.5) is 0 Å². The average molecular weight is 377 g/mol. The second kappa shape index (κ2) is 8.17. The quantitative estimate of drug-likeness (QED) is 0.744. The van der Waals surface area contributed by atoms with Crippen LogP contribution < -0.4 is 0 Å². The summed E-state index contributed by atoms with van der Waals surface area (Å²) in [4.78, 5) is 17.5. The Bertz CT molecular complexity index is 951. The Balaban J connectivity index is 1.61. The van der Waals surface area contributed by atoms with Crippen LogP contribution in [0.5, 0.6) is 0 Å². The molecule has 2 aromatic carbocycles. The SMILES string of the molecule is CC1CN(C(=O)c2cn(Cc3ccccc3)c3ccccc23)CCN1CCO. The van der Waals surface area contributed by atoms with Crippen molar-refractivity contribution in [1.82, 2.24) is 14.4 Å². The number of piperazine rings is 1. The zero-order valence-corrected chi connectivity index (χ0v) is 16.3. The van der Waals surface area contributed by atoms with Crippen molar-refractivity contribution in [3.8, 4) is 0 Å². The van der Waals surface area contributed by atoms with Crippen molar-refractivity contribution in [2.75, 3.05) is 32.8 Å². The number of rotatable bonds is 5. The molecular weight excluding hydrogens is 350 g/mol. The molecule has 1 amide bonds. The summed E-state index contributed by atoms with van der Waals surface area (Å²) in [6.07, 6.45) is 2.00. The van der Waals surface area contributed by atoms with Crippen LogP contribution in [0.2, 0.25) is 0 Å². The minimum Gasteiger partial charge on any atom is -0.395 e. The lowest BCUT2D eigenvalue weighted by Crippen LogP contribution is -2.54. The molecular formula is C23H27N3O2. The van der Waals surface area contributed by atoms with Gasteiger partial charge in [-0.15, -0.1) is 0 Å². The monoisotopic (exact) mass is 377 g/mol. The number of amides is 1. The van der Waals surface area contributed by atoms with E-state index in [1.54, 1.807) is 0 Å². The second-order valence-corrected chi connectivity index (χ2v) is 7.53. The summed E-state index contributed by atoms with van der Waals surface area (Å²) in [6, 6.07) is 18.7. The summed E-state index contributed by atoms with van der Waals surface area (Å²) in [5.74, 6) is 0.0958. The summed E-state index contributed by atoms with van der Waals surface area (Å²) < 4.78 is 2.17. The van der Waals surface area contributed by atoms with Crippen LogP contribution in [0.3, 0.4) is 0 Å². The number of benzene rings is 2. The number of aromatic nitrogens is 1. The van der Waals surface area contributed by atoms with E-state index in [0.717, 1.165) is 29.6 Å². The van der Waals surface area contributed by atoms with Crippen molar-refractivity contribution < 1.29 is 9.90 Å². The van der Waals surface area contributed by atoms with Crippen molar-refractivity contribution in [2.24, 2.45) is 0 Å². The number of carbonyl (C=O) groups excluding carboxylic acids is 1. The summed E-state index contributed by atoms with van der Waals surface area (Å²) >= 11 is 0. The van der Waals surface area contributed by atoms with Gasteiger partial charge in [0.15, 0.2) is 0 Å². The van der Waals surface area contributed by atoms with E-state index in [0.29, 0.717) is 19.6 Å². The van der Waals surface area contributed by atoms with E-state index in [2.05, 4.69) is 34.6 Å². The van der Waals surface area contributed by atoms with E-state index in [1.807, 2.05) is 47.5 Å². The standard InChI is InChI=1S/C23H27N3O2/c1-18-15-25(12-11-24(18)13-14-27)23(28)21-17-26(16-19-7-3-2-4-8-19)22-10-6-5-9-20(21)22/h2-10,17-18,27H,11-16H2,1H3. The van der Waals surface area contributed by atoms with E-state index in [4.69, 9.17) is 0 Å². The van der Waals surface area contributed by atoms with Crippen molar-refractivity contribution in [3.63, 3.8) is 0 Å². The highest BCUT2D eigenvalue weighted by Gasteiger charge is 2.28. The van der Waals surface area contributed by atoms with Crippen LogP contribution in [0.1, 0.15) is 22.8 Å². The highest BCUT2D eigenvalue weighted by Crippen LogP contribution is 2.25. The molecule has 3 aromatic rings. The zero-order valence-electron chi connectivity index (χ0n) is 16.3. The molecule has 5 heteroatoms. The number of para-hydroxylation sites is 1. The first kappa shape index (κ1) is 18.7. The topological polar surface area (TPSA) is 48.7 Å². The van der Waals surface area contributed by atoms with Gasteiger partial charge < -0.3 is 14.6 Å². The van der Waals surface area contributed by atoms with Crippen LogP contribution in [-0.4, -0.2) is 64.2 Å². The third kappa shape index (κ3) is 3.68. The van der Waals surface area contributed by atoms with E-state index in [-0.39, 0.29) is 18.6 Å². The lowest BCUT2D eigenvalue weighted by atomic mass is 10.1. The lowest BCUT2D eigenvalue weighted by Gasteiger charge is -2.39. The molecule has 1 fully saturated rings. The number of hydrogen-bond acceptors (Lipinski definition) is 3. The van der Waals surface area contributed by atoms with Crippen LogP contribution in [-0.2, 0) is 6.54 Å². The van der Waals surface area contributed by atoms with Crippen molar-refractivity contribution >= 4 is 16.8 Å². The Labute approximate surface area is 165 Å². The fourth-order valence-electron chi connectivity index (χ4n) is 4.14. The summed E-state index contributed by atoms with van der Waals surface area (Å²) in [5.41, 5.74) is 3.07. The molecule has 1 unspecified atom stereocenters. The molecule has 0 radical (unpaired) electrons. The Hall–Kier alpha value is -2.63. The molecule has 1 aliphatic heterocycles. The zero-order chi connectivity index (χ0) is 19.5. The molecule has 1 atom stereocenters. The lowest BCUT2D eigenvalue weighted by molar-refractivity contribution is 0.0471. The van der Waals surface area contributed by atoms with Gasteiger partial charge in [0, 0.05) is 55.9 Å². The molecule has 0 bridgehead atoms. The fourth-order valence-corrected chi connectivity index (χ4v) is 4.14. The first-order chi connectivity index (χ1) is 13.7. The number of carbonyl (C=O) groups is 1. The Morgan fingerprint density at radius 3 is 2.57 bits per heavy atom. The minimum atomic E-state index is 0.0958. The Kier molecular flexibility index (Phi) is 5.46. The van der Waals surface area contributed by atoms with Gasteiger partial charge >= 0.3 is 0 Å². The molecule has 4 rings (SSSR count). The Morgan fingerprint density at radius 1 is 1.07 bits per heavy atom. The van der Waals surface area contributed by atoms with Gasteiger partial charge in [-0.25, -0.2) is 0 Å². The molecule has 1 aromatic heterocycles. The van der Waals surface area contributed by atoms with Crippen LogP contribution >= 0.6 is 0 Å². The predicted molar refractivity (Wildman–Crippen MR) is 112 cm³/mol. The number of aliphatic hydroxyl groups excluding tert-OH is 1. The van der Waals surface area contributed by atoms with Gasteiger partial charge in [-0.3, -0.25) is 9.69 Å². The second-order valence-electron chi connectivity index (χ2n) is 7.53. The molecule has 146 valence electrons. The van der Waals surface area contributed by atoms with Crippen LogP contribution in [0, 0.1) is 0 Å². The smallest absolute Gasteiger partial charge is 0.256 e. The number of β-amino-alcohol motifs (C(OH)–C–C–N with tert-alkyl or cyclic N) is 1. The molecule has 1 N–H and O–H groups in total. The summed E-state index contributed by atoms with van der Waals surface area (Å²) in [5, 5.41) is 10.2. The van der Waals surface area contributed by atoms with Gasteiger partial charge in [0.25, 0.3) is 5.91 Å². The van der Waals surface area contributed by atoms with Crippen molar-refractivity contribution in [1.29, 1.82) is 0 Å². The van der Waals surface area contributed by atoms with Gasteiger partial charge in [0.05, 0.1) is 12.2 Å². The molecule has 0 aliphatic carbocycles. The largest absolute Gasteiger partial charge is 0.395 e. The van der Waals surface area contributed by atoms with Gasteiger partial charge in [0.2, 0.25) is 0 Å². The number of nitrogens with zero attached hydrogens (tertiary/aromatic N) is 3. The Morgan fingerprint density at radius 2 is 1.82 bits per heavy atom. The first-order valence-corrected chi connectivity index (χ1v) is 9.93. The molecule has 2 heterocycles. The van der Waals surface area contributed by atoms with E-state index in [9.17, 15) is 9.90 Å².